The highest BCUT2D eigenvalue weighted by molar-refractivity contribution is 7.27. The van der Waals surface area contributed by atoms with E-state index < -0.39 is 0 Å². The summed E-state index contributed by atoms with van der Waals surface area (Å²) in [6, 6.07) is 29.4. The zero-order chi connectivity index (χ0) is 27.4. The Balaban J connectivity index is 1.46. The molecule has 6 heterocycles. The lowest BCUT2D eigenvalue weighted by Gasteiger charge is -2.24. The summed E-state index contributed by atoms with van der Waals surface area (Å²) in [5, 5.41) is 4.82. The summed E-state index contributed by atoms with van der Waals surface area (Å²) in [7, 11) is 0. The summed E-state index contributed by atoms with van der Waals surface area (Å²) in [6.07, 6.45) is 6.95. The van der Waals surface area contributed by atoms with Gasteiger partial charge in [-0.05, 0) is 89.6 Å². The van der Waals surface area contributed by atoms with Crippen molar-refractivity contribution >= 4 is 63.0 Å². The summed E-state index contributed by atoms with van der Waals surface area (Å²) < 4.78 is 28.6. The Hall–Kier alpha value is -5.04. The number of hydrogen-bond acceptors (Lipinski definition) is 6. The van der Waals surface area contributed by atoms with Crippen LogP contribution < -0.4 is 0 Å². The highest BCUT2D eigenvalue weighted by Gasteiger charge is 2.28. The van der Waals surface area contributed by atoms with Gasteiger partial charge in [0.05, 0.1) is 25.1 Å². The van der Waals surface area contributed by atoms with Gasteiger partial charge in [0, 0.05) is 63.0 Å². The third kappa shape index (κ3) is 3.00. The third-order valence-electron chi connectivity index (χ3n) is 8.23. The van der Waals surface area contributed by atoms with Crippen LogP contribution in [0.2, 0.25) is 0 Å². The molecule has 0 N–H and O–H groups in total. The summed E-state index contributed by atoms with van der Waals surface area (Å²) >= 11 is 3.62. The maximum atomic E-state index is 6.01. The minimum Gasteiger partial charge on any atom is -0.464 e. The van der Waals surface area contributed by atoms with E-state index in [4.69, 9.17) is 17.7 Å². The highest BCUT2D eigenvalue weighted by Crippen LogP contribution is 2.56. The van der Waals surface area contributed by atoms with E-state index in [1.165, 1.54) is 46.1 Å². The van der Waals surface area contributed by atoms with Crippen LogP contribution >= 0.6 is 22.7 Å². The quantitative estimate of drug-likeness (QED) is 0.154. The van der Waals surface area contributed by atoms with Crippen LogP contribution in [0.15, 0.2) is 128 Å². The fourth-order valence-corrected chi connectivity index (χ4v) is 9.02. The second kappa shape index (κ2) is 8.26. The first-order valence-electron chi connectivity index (χ1n) is 13.6. The van der Waals surface area contributed by atoms with E-state index >= 15 is 0 Å². The van der Waals surface area contributed by atoms with Gasteiger partial charge in [0.25, 0.3) is 0 Å². The molecule has 10 rings (SSSR count). The van der Waals surface area contributed by atoms with Gasteiger partial charge in [-0.3, -0.25) is 0 Å². The molecule has 0 saturated carbocycles. The molecule has 0 unspecified atom stereocenters. The van der Waals surface area contributed by atoms with E-state index in [1.54, 1.807) is 25.1 Å². The molecule has 0 aliphatic carbocycles. The van der Waals surface area contributed by atoms with Crippen LogP contribution in [0.3, 0.4) is 0 Å². The molecule has 4 aromatic carbocycles. The van der Waals surface area contributed by atoms with Crippen molar-refractivity contribution in [3.8, 4) is 56.4 Å². The van der Waals surface area contributed by atoms with Crippen molar-refractivity contribution in [2.45, 2.75) is 0 Å². The minimum atomic E-state index is 0.845. The van der Waals surface area contributed by atoms with E-state index in [0.717, 1.165) is 50.7 Å². The molecule has 198 valence electrons. The van der Waals surface area contributed by atoms with Crippen molar-refractivity contribution in [2.24, 2.45) is 0 Å². The molecule has 2 aliphatic heterocycles. The molecule has 0 radical (unpaired) electrons. The molecule has 2 aliphatic rings. The molecule has 0 atom stereocenters. The monoisotopic (exact) mass is 578 g/mol. The highest BCUT2D eigenvalue weighted by atomic mass is 32.1. The summed E-state index contributed by atoms with van der Waals surface area (Å²) in [4.78, 5) is 0. The van der Waals surface area contributed by atoms with Gasteiger partial charge in [0.15, 0.2) is 0 Å². The van der Waals surface area contributed by atoms with E-state index in [-0.39, 0.29) is 0 Å². The molecule has 0 bridgehead atoms. The SMILES string of the molecule is c1coc(-c2cc3sc4cc(-c5ccco5)c5ccc(-c6ccco6)c6sc7cc(-c8ccco8)c(c2)c3c7-c4c56)c1. The Morgan fingerprint density at radius 2 is 1.00 bits per heavy atom. The first kappa shape index (κ1) is 22.6. The number of hydrogen-bond donors (Lipinski definition) is 0. The van der Waals surface area contributed by atoms with Crippen molar-refractivity contribution in [3.05, 3.63) is 110 Å². The fraction of sp³-hybridized carbons (Fsp3) is 0. The number of benzene rings is 4. The second-order valence-corrected chi connectivity index (χ2v) is 12.6. The van der Waals surface area contributed by atoms with Crippen molar-refractivity contribution in [1.82, 2.24) is 0 Å². The van der Waals surface area contributed by atoms with Crippen LogP contribution in [0.4, 0.5) is 0 Å². The van der Waals surface area contributed by atoms with Crippen molar-refractivity contribution in [3.63, 3.8) is 0 Å². The Morgan fingerprint density at radius 3 is 1.64 bits per heavy atom. The van der Waals surface area contributed by atoms with Crippen LogP contribution in [0.1, 0.15) is 0 Å². The molecule has 0 saturated heterocycles. The average molecular weight is 579 g/mol. The van der Waals surface area contributed by atoms with Gasteiger partial charge in [0.2, 0.25) is 0 Å². The van der Waals surface area contributed by atoms with Gasteiger partial charge in [-0.1, -0.05) is 6.07 Å². The molecule has 0 amide bonds. The maximum absolute atomic E-state index is 6.01. The molecule has 0 fully saturated rings. The molecule has 4 nitrogen and oxygen atoms in total. The summed E-state index contributed by atoms with van der Waals surface area (Å²) in [5.41, 5.74) is 6.85. The van der Waals surface area contributed by atoms with Crippen molar-refractivity contribution in [2.75, 3.05) is 0 Å². The Bertz CT molecular complexity index is 2490. The van der Waals surface area contributed by atoms with Gasteiger partial charge in [-0.2, -0.15) is 0 Å². The molecular formula is C36H18O4S2. The minimum absolute atomic E-state index is 0.845. The smallest absolute Gasteiger partial charge is 0.135 e. The summed E-state index contributed by atoms with van der Waals surface area (Å²) in [5.74, 6) is 3.41. The average Bonchev–Trinajstić information content (AvgIpc) is 3.86. The van der Waals surface area contributed by atoms with Crippen LogP contribution in [-0.4, -0.2) is 0 Å². The Kier molecular flexibility index (Phi) is 4.45. The van der Waals surface area contributed by atoms with Crippen LogP contribution in [0.5, 0.6) is 0 Å². The lowest BCUT2D eigenvalue weighted by atomic mass is 9.87. The molecular weight excluding hydrogens is 561 g/mol. The molecule has 42 heavy (non-hydrogen) atoms. The first-order chi connectivity index (χ1) is 20.8. The molecule has 8 aromatic rings. The topological polar surface area (TPSA) is 52.6 Å². The third-order valence-corrected chi connectivity index (χ3v) is 10.5. The molecule has 4 aromatic heterocycles. The van der Waals surface area contributed by atoms with E-state index in [1.807, 2.05) is 71.2 Å². The van der Waals surface area contributed by atoms with Gasteiger partial charge in [-0.25, -0.2) is 0 Å². The molecule has 0 spiro atoms. The van der Waals surface area contributed by atoms with Gasteiger partial charge >= 0.3 is 0 Å². The van der Waals surface area contributed by atoms with Crippen molar-refractivity contribution in [1.29, 1.82) is 0 Å². The predicted molar refractivity (Wildman–Crippen MR) is 171 cm³/mol. The Labute approximate surface area is 246 Å². The Morgan fingerprint density at radius 1 is 0.429 bits per heavy atom. The zero-order valence-electron chi connectivity index (χ0n) is 21.8. The van der Waals surface area contributed by atoms with E-state index in [0.29, 0.717) is 0 Å². The van der Waals surface area contributed by atoms with Gasteiger partial charge < -0.3 is 17.7 Å². The van der Waals surface area contributed by atoms with Crippen LogP contribution in [0.25, 0.3) is 96.8 Å². The summed E-state index contributed by atoms with van der Waals surface area (Å²) in [6.45, 7) is 0. The van der Waals surface area contributed by atoms with Gasteiger partial charge in [0.1, 0.15) is 23.0 Å². The van der Waals surface area contributed by atoms with Crippen LogP contribution in [0, 0.1) is 0 Å². The fourth-order valence-electron chi connectivity index (χ4n) is 6.50. The standard InChI is InChI=1S/C36H18O4S2/c1-5-25(37-11-1)19-15-24-23(28-8-4-14-40-28)18-31-34-32(24)29(16-19)41-30-17-22(27-7-3-13-39-27)20-9-10-21(26-6-2-12-38-26)36(42-31)33(20)35(30)34/h1-18H. The number of furan rings is 4. The maximum Gasteiger partial charge on any atom is 0.135 e. The molecule has 6 heteroatoms. The normalized spacial score (nSPS) is 12.3. The van der Waals surface area contributed by atoms with E-state index in [9.17, 15) is 0 Å². The van der Waals surface area contributed by atoms with E-state index in [2.05, 4.69) is 36.4 Å². The van der Waals surface area contributed by atoms with Crippen LogP contribution in [-0.2, 0) is 0 Å². The second-order valence-electron chi connectivity index (χ2n) is 10.5. The zero-order valence-corrected chi connectivity index (χ0v) is 23.5. The largest absolute Gasteiger partial charge is 0.464 e. The number of rotatable bonds is 4. The lowest BCUT2D eigenvalue weighted by molar-refractivity contribution is 0.582. The van der Waals surface area contributed by atoms with Crippen molar-refractivity contribution < 1.29 is 17.7 Å². The first-order valence-corrected chi connectivity index (χ1v) is 15.3. The predicted octanol–water partition coefficient (Wildman–Crippen LogP) is 12.0. The van der Waals surface area contributed by atoms with Gasteiger partial charge in [-0.15, -0.1) is 22.7 Å². The lowest BCUT2D eigenvalue weighted by Crippen LogP contribution is -1.96.